The SMILES string of the molecule is C[C@@H](O)c1cccc(-c2ccc(OCC(=O)O)cc2)n1. The average Bonchev–Trinajstić information content (AvgIpc) is 2.46. The van der Waals surface area contributed by atoms with Gasteiger partial charge >= 0.3 is 5.97 Å². The second-order valence-corrected chi connectivity index (χ2v) is 4.33. The number of carboxylic acid groups (broad SMARTS) is 1. The van der Waals surface area contributed by atoms with Gasteiger partial charge in [-0.15, -0.1) is 0 Å². The highest BCUT2D eigenvalue weighted by atomic mass is 16.5. The van der Waals surface area contributed by atoms with Gasteiger partial charge in [0.1, 0.15) is 5.75 Å². The normalized spacial score (nSPS) is 11.9. The first-order valence-electron chi connectivity index (χ1n) is 6.16. The molecule has 2 aromatic rings. The highest BCUT2D eigenvalue weighted by Gasteiger charge is 2.06. The molecule has 20 heavy (non-hydrogen) atoms. The molecule has 0 bridgehead atoms. The van der Waals surface area contributed by atoms with Gasteiger partial charge < -0.3 is 14.9 Å². The Morgan fingerprint density at radius 1 is 1.25 bits per heavy atom. The number of carbonyl (C=O) groups is 1. The van der Waals surface area contributed by atoms with E-state index in [1.807, 2.05) is 12.1 Å². The van der Waals surface area contributed by atoms with Crippen molar-refractivity contribution in [2.24, 2.45) is 0 Å². The number of carboxylic acids is 1. The lowest BCUT2D eigenvalue weighted by molar-refractivity contribution is -0.139. The first-order valence-corrected chi connectivity index (χ1v) is 6.16. The molecule has 2 N–H and O–H groups in total. The van der Waals surface area contributed by atoms with Gasteiger partial charge in [-0.3, -0.25) is 4.98 Å². The number of hydrogen-bond donors (Lipinski definition) is 2. The monoisotopic (exact) mass is 273 g/mol. The fourth-order valence-corrected chi connectivity index (χ4v) is 1.71. The van der Waals surface area contributed by atoms with Crippen molar-refractivity contribution < 1.29 is 19.7 Å². The number of benzene rings is 1. The van der Waals surface area contributed by atoms with E-state index in [1.54, 1.807) is 37.3 Å². The lowest BCUT2D eigenvalue weighted by Gasteiger charge is -2.08. The van der Waals surface area contributed by atoms with Crippen molar-refractivity contribution in [2.75, 3.05) is 6.61 Å². The summed E-state index contributed by atoms with van der Waals surface area (Å²) in [5.74, 6) is -0.525. The summed E-state index contributed by atoms with van der Waals surface area (Å²) in [6, 6.07) is 12.4. The smallest absolute Gasteiger partial charge is 0.341 e. The van der Waals surface area contributed by atoms with Crippen LogP contribution in [-0.2, 0) is 4.79 Å². The van der Waals surface area contributed by atoms with Gasteiger partial charge in [0.15, 0.2) is 6.61 Å². The third-order valence-corrected chi connectivity index (χ3v) is 2.71. The van der Waals surface area contributed by atoms with Crippen LogP contribution in [0.2, 0.25) is 0 Å². The Balaban J connectivity index is 2.17. The van der Waals surface area contributed by atoms with Gasteiger partial charge in [0.2, 0.25) is 0 Å². The molecule has 1 aromatic heterocycles. The van der Waals surface area contributed by atoms with E-state index < -0.39 is 12.1 Å². The number of hydrogen-bond acceptors (Lipinski definition) is 4. The van der Waals surface area contributed by atoms with Crippen LogP contribution in [0.25, 0.3) is 11.3 Å². The van der Waals surface area contributed by atoms with Crippen molar-refractivity contribution in [3.05, 3.63) is 48.2 Å². The Kier molecular flexibility index (Phi) is 4.32. The molecule has 0 unspecified atom stereocenters. The molecule has 1 atom stereocenters. The van der Waals surface area contributed by atoms with Crippen molar-refractivity contribution in [3.63, 3.8) is 0 Å². The van der Waals surface area contributed by atoms with Crippen molar-refractivity contribution in [1.82, 2.24) is 4.98 Å². The van der Waals surface area contributed by atoms with E-state index in [4.69, 9.17) is 9.84 Å². The van der Waals surface area contributed by atoms with E-state index in [2.05, 4.69) is 4.98 Å². The van der Waals surface area contributed by atoms with Crippen molar-refractivity contribution in [2.45, 2.75) is 13.0 Å². The number of ether oxygens (including phenoxy) is 1. The predicted octanol–water partition coefficient (Wildman–Crippen LogP) is 2.27. The van der Waals surface area contributed by atoms with E-state index in [9.17, 15) is 9.90 Å². The lowest BCUT2D eigenvalue weighted by Crippen LogP contribution is -2.09. The first-order chi connectivity index (χ1) is 9.56. The Labute approximate surface area is 116 Å². The molecule has 104 valence electrons. The second kappa shape index (κ2) is 6.16. The molecule has 1 heterocycles. The zero-order valence-electron chi connectivity index (χ0n) is 11.0. The summed E-state index contributed by atoms with van der Waals surface area (Å²) in [5.41, 5.74) is 2.22. The molecule has 0 aliphatic heterocycles. The molecule has 0 amide bonds. The summed E-state index contributed by atoms with van der Waals surface area (Å²) in [6.45, 7) is 1.30. The number of rotatable bonds is 5. The molecule has 0 aliphatic rings. The van der Waals surface area contributed by atoms with Crippen LogP contribution in [0.1, 0.15) is 18.7 Å². The number of nitrogens with zero attached hydrogens (tertiary/aromatic N) is 1. The maximum atomic E-state index is 10.4. The second-order valence-electron chi connectivity index (χ2n) is 4.33. The first kappa shape index (κ1) is 14.0. The molecule has 1 aromatic carbocycles. The van der Waals surface area contributed by atoms with Crippen LogP contribution in [0.5, 0.6) is 5.75 Å². The van der Waals surface area contributed by atoms with Gasteiger partial charge in [0.05, 0.1) is 17.5 Å². The van der Waals surface area contributed by atoms with Gasteiger partial charge in [0.25, 0.3) is 0 Å². The van der Waals surface area contributed by atoms with Crippen LogP contribution in [0.3, 0.4) is 0 Å². The topological polar surface area (TPSA) is 79.7 Å². The van der Waals surface area contributed by atoms with Crippen molar-refractivity contribution >= 4 is 5.97 Å². The van der Waals surface area contributed by atoms with E-state index in [1.165, 1.54) is 0 Å². The molecular formula is C15H15NO4. The van der Waals surface area contributed by atoms with Crippen LogP contribution in [0, 0.1) is 0 Å². The van der Waals surface area contributed by atoms with Crippen LogP contribution in [0.15, 0.2) is 42.5 Å². The number of aliphatic hydroxyl groups excluding tert-OH is 1. The maximum Gasteiger partial charge on any atom is 0.341 e. The van der Waals surface area contributed by atoms with Crippen LogP contribution in [-0.4, -0.2) is 27.8 Å². The summed E-state index contributed by atoms with van der Waals surface area (Å²) in [7, 11) is 0. The summed E-state index contributed by atoms with van der Waals surface area (Å²) >= 11 is 0. The molecule has 5 nitrogen and oxygen atoms in total. The van der Waals surface area contributed by atoms with Crippen LogP contribution >= 0.6 is 0 Å². The van der Waals surface area contributed by atoms with Gasteiger partial charge in [-0.2, -0.15) is 0 Å². The summed E-state index contributed by atoms with van der Waals surface area (Å²) in [6.07, 6.45) is -0.617. The maximum absolute atomic E-state index is 10.4. The fraction of sp³-hybridized carbons (Fsp3) is 0.200. The zero-order valence-corrected chi connectivity index (χ0v) is 11.0. The van der Waals surface area contributed by atoms with E-state index in [-0.39, 0.29) is 6.61 Å². The lowest BCUT2D eigenvalue weighted by atomic mass is 10.1. The van der Waals surface area contributed by atoms with Gasteiger partial charge in [-0.25, -0.2) is 4.79 Å². The number of pyridine rings is 1. The third-order valence-electron chi connectivity index (χ3n) is 2.71. The van der Waals surface area contributed by atoms with E-state index in [0.717, 1.165) is 11.3 Å². The zero-order chi connectivity index (χ0) is 14.5. The van der Waals surface area contributed by atoms with Gasteiger partial charge in [0, 0.05) is 5.56 Å². The predicted molar refractivity (Wildman–Crippen MR) is 73.4 cm³/mol. The minimum absolute atomic E-state index is 0.366. The highest BCUT2D eigenvalue weighted by molar-refractivity contribution is 5.68. The van der Waals surface area contributed by atoms with Crippen LogP contribution in [0.4, 0.5) is 0 Å². The quantitative estimate of drug-likeness (QED) is 0.873. The molecule has 2 rings (SSSR count). The third kappa shape index (κ3) is 3.55. The van der Waals surface area contributed by atoms with E-state index in [0.29, 0.717) is 11.4 Å². The van der Waals surface area contributed by atoms with Gasteiger partial charge in [-0.1, -0.05) is 6.07 Å². The van der Waals surface area contributed by atoms with E-state index >= 15 is 0 Å². The standard InChI is InChI=1S/C15H15NO4/c1-10(17)13-3-2-4-14(16-13)11-5-7-12(8-6-11)20-9-15(18)19/h2-8,10,17H,9H2,1H3,(H,18,19)/t10-/m1/s1. The Morgan fingerprint density at radius 2 is 1.95 bits per heavy atom. The van der Waals surface area contributed by atoms with Gasteiger partial charge in [-0.05, 0) is 43.3 Å². The Morgan fingerprint density at radius 3 is 2.55 bits per heavy atom. The molecule has 5 heteroatoms. The van der Waals surface area contributed by atoms with Crippen molar-refractivity contribution in [1.29, 1.82) is 0 Å². The fourth-order valence-electron chi connectivity index (χ4n) is 1.71. The number of aliphatic hydroxyl groups is 1. The molecule has 0 spiro atoms. The molecule has 0 saturated carbocycles. The summed E-state index contributed by atoms with van der Waals surface area (Å²) in [4.78, 5) is 14.8. The number of aromatic nitrogens is 1. The molecule has 0 aliphatic carbocycles. The molecule has 0 saturated heterocycles. The van der Waals surface area contributed by atoms with Crippen LogP contribution < -0.4 is 4.74 Å². The Hall–Kier alpha value is -2.40. The Bertz CT molecular complexity index is 593. The summed E-state index contributed by atoms with van der Waals surface area (Å²) in [5, 5.41) is 18.1. The average molecular weight is 273 g/mol. The molecule has 0 fully saturated rings. The highest BCUT2D eigenvalue weighted by Crippen LogP contribution is 2.22. The van der Waals surface area contributed by atoms with Crippen molar-refractivity contribution in [3.8, 4) is 17.0 Å². The largest absolute Gasteiger partial charge is 0.482 e. The minimum atomic E-state index is -1.01. The molecular weight excluding hydrogens is 258 g/mol. The molecule has 0 radical (unpaired) electrons. The summed E-state index contributed by atoms with van der Waals surface area (Å²) < 4.78 is 5.06. The minimum Gasteiger partial charge on any atom is -0.482 e. The number of aliphatic carboxylic acids is 1.